The van der Waals surface area contributed by atoms with Crippen LogP contribution in [0, 0.1) is 11.8 Å². The molecule has 1 nitrogen and oxygen atoms in total. The largest absolute Gasteiger partial charge is 0.303 e. The highest BCUT2D eigenvalue weighted by Gasteiger charge is 2.25. The minimum atomic E-state index is 0.991. The second-order valence-corrected chi connectivity index (χ2v) is 5.51. The summed E-state index contributed by atoms with van der Waals surface area (Å²) in [4.78, 5) is 2.65. The van der Waals surface area contributed by atoms with Gasteiger partial charge in [-0.3, -0.25) is 0 Å². The van der Waals surface area contributed by atoms with E-state index in [0.29, 0.717) is 0 Å². The van der Waals surface area contributed by atoms with Crippen LogP contribution in [0.15, 0.2) is 0 Å². The van der Waals surface area contributed by atoms with Gasteiger partial charge in [-0.05, 0) is 31.2 Å². The Morgan fingerprint density at radius 2 is 1.64 bits per heavy atom. The smallest absolute Gasteiger partial charge is 0.00220 e. The molecule has 3 rings (SSSR count). The van der Waals surface area contributed by atoms with Gasteiger partial charge in [0.2, 0.25) is 0 Å². The molecular formula is C13H25N. The predicted octanol–water partition coefficient (Wildman–Crippen LogP) is 3.30. The Labute approximate surface area is 88.9 Å². The highest BCUT2D eigenvalue weighted by molar-refractivity contribution is 4.79. The first kappa shape index (κ1) is 10.5. The highest BCUT2D eigenvalue weighted by atomic mass is 15.2. The van der Waals surface area contributed by atoms with Crippen LogP contribution >= 0.6 is 0 Å². The van der Waals surface area contributed by atoms with E-state index in [-0.39, 0.29) is 0 Å². The molecule has 0 saturated carbocycles. The summed E-state index contributed by atoms with van der Waals surface area (Å²) in [5.74, 6) is 2.05. The molecule has 2 bridgehead atoms. The third-order valence-electron chi connectivity index (χ3n) is 4.01. The van der Waals surface area contributed by atoms with Crippen molar-refractivity contribution in [3.8, 4) is 0 Å². The molecule has 3 aliphatic heterocycles. The normalized spacial score (nSPS) is 40.5. The van der Waals surface area contributed by atoms with E-state index >= 15 is 0 Å². The van der Waals surface area contributed by atoms with Crippen LogP contribution in [-0.4, -0.2) is 24.5 Å². The number of hydrogen-bond acceptors (Lipinski definition) is 1. The minimum absolute atomic E-state index is 0.991. The maximum atomic E-state index is 2.65. The Balaban J connectivity index is 1.73. The predicted molar refractivity (Wildman–Crippen MR) is 61.4 cm³/mol. The molecule has 0 N–H and O–H groups in total. The van der Waals surface area contributed by atoms with Crippen LogP contribution in [-0.2, 0) is 0 Å². The van der Waals surface area contributed by atoms with Gasteiger partial charge in [0.25, 0.3) is 0 Å². The lowest BCUT2D eigenvalue weighted by atomic mass is 9.89. The first-order valence-electron chi connectivity index (χ1n) is 6.57. The van der Waals surface area contributed by atoms with E-state index < -0.39 is 0 Å². The molecule has 14 heavy (non-hydrogen) atoms. The van der Waals surface area contributed by atoms with Crippen molar-refractivity contribution in [3.63, 3.8) is 0 Å². The van der Waals surface area contributed by atoms with Crippen molar-refractivity contribution >= 4 is 0 Å². The zero-order valence-electron chi connectivity index (χ0n) is 9.67. The van der Waals surface area contributed by atoms with Crippen LogP contribution in [0.3, 0.4) is 0 Å². The summed E-state index contributed by atoms with van der Waals surface area (Å²) in [6.07, 6.45) is 10.3. The number of hydrogen-bond donors (Lipinski definition) is 0. The van der Waals surface area contributed by atoms with Crippen LogP contribution in [0.25, 0.3) is 0 Å². The zero-order chi connectivity index (χ0) is 9.80. The summed E-state index contributed by atoms with van der Waals surface area (Å²) in [7, 11) is 0. The molecule has 0 aromatic heterocycles. The van der Waals surface area contributed by atoms with Crippen LogP contribution in [0.5, 0.6) is 0 Å². The molecule has 3 saturated heterocycles. The third-order valence-corrected chi connectivity index (χ3v) is 4.01. The molecule has 3 heterocycles. The maximum Gasteiger partial charge on any atom is 0.00220 e. The monoisotopic (exact) mass is 195 g/mol. The van der Waals surface area contributed by atoms with E-state index in [9.17, 15) is 0 Å². The van der Waals surface area contributed by atoms with Gasteiger partial charge in [0.15, 0.2) is 0 Å². The van der Waals surface area contributed by atoms with Crippen molar-refractivity contribution in [2.45, 2.75) is 51.9 Å². The van der Waals surface area contributed by atoms with E-state index in [4.69, 9.17) is 0 Å². The van der Waals surface area contributed by atoms with Crippen molar-refractivity contribution in [3.05, 3.63) is 0 Å². The first-order valence-corrected chi connectivity index (χ1v) is 6.57. The number of rotatable bonds is 0. The summed E-state index contributed by atoms with van der Waals surface area (Å²) in [5.41, 5.74) is 0. The summed E-state index contributed by atoms with van der Waals surface area (Å²) in [5, 5.41) is 0. The maximum absolute atomic E-state index is 2.65. The summed E-state index contributed by atoms with van der Waals surface area (Å²) in [6, 6.07) is 0. The van der Waals surface area contributed by atoms with Crippen molar-refractivity contribution in [1.29, 1.82) is 0 Å². The Bertz CT molecular complexity index is 151. The van der Waals surface area contributed by atoms with E-state index in [2.05, 4.69) is 11.8 Å². The Hall–Kier alpha value is -0.0400. The Morgan fingerprint density at radius 1 is 0.857 bits per heavy atom. The van der Waals surface area contributed by atoms with Crippen molar-refractivity contribution in [1.82, 2.24) is 4.90 Å². The SMILES string of the molecule is CC1CCCCCN2CC(CCC1)C2. The molecule has 0 aliphatic carbocycles. The highest BCUT2D eigenvalue weighted by Crippen LogP contribution is 2.25. The standard InChI is InChI=1S/C13H25N/c1-12-6-3-2-4-9-14-10-13(11-14)8-5-7-12/h12-13H,2-11H2,1H3. The van der Waals surface area contributed by atoms with Gasteiger partial charge >= 0.3 is 0 Å². The van der Waals surface area contributed by atoms with Gasteiger partial charge < -0.3 is 4.90 Å². The quantitative estimate of drug-likeness (QED) is 0.573. The zero-order valence-corrected chi connectivity index (χ0v) is 9.67. The second kappa shape index (κ2) is 5.16. The Kier molecular flexibility index (Phi) is 3.86. The molecule has 0 aromatic carbocycles. The van der Waals surface area contributed by atoms with Crippen molar-refractivity contribution in [2.75, 3.05) is 19.6 Å². The van der Waals surface area contributed by atoms with E-state index in [1.807, 2.05) is 0 Å². The van der Waals surface area contributed by atoms with E-state index in [1.54, 1.807) is 0 Å². The lowest BCUT2D eigenvalue weighted by Gasteiger charge is -2.40. The lowest BCUT2D eigenvalue weighted by molar-refractivity contribution is 0.0876. The average Bonchev–Trinajstić information content (AvgIpc) is 2.08. The van der Waals surface area contributed by atoms with E-state index in [0.717, 1.165) is 11.8 Å². The van der Waals surface area contributed by atoms with Gasteiger partial charge in [-0.1, -0.05) is 39.0 Å². The van der Waals surface area contributed by atoms with Crippen LogP contribution in [0.2, 0.25) is 0 Å². The molecule has 1 unspecified atom stereocenters. The fourth-order valence-corrected chi connectivity index (χ4v) is 2.95. The fourth-order valence-electron chi connectivity index (χ4n) is 2.95. The molecule has 1 heteroatoms. The first-order chi connectivity index (χ1) is 6.84. The van der Waals surface area contributed by atoms with Gasteiger partial charge in [-0.2, -0.15) is 0 Å². The van der Waals surface area contributed by atoms with Gasteiger partial charge in [-0.25, -0.2) is 0 Å². The number of nitrogens with zero attached hydrogens (tertiary/aromatic N) is 1. The van der Waals surface area contributed by atoms with Gasteiger partial charge in [-0.15, -0.1) is 0 Å². The molecule has 0 radical (unpaired) electrons. The fraction of sp³-hybridized carbons (Fsp3) is 1.00. The summed E-state index contributed by atoms with van der Waals surface area (Å²) >= 11 is 0. The second-order valence-electron chi connectivity index (χ2n) is 5.51. The van der Waals surface area contributed by atoms with Gasteiger partial charge in [0, 0.05) is 13.1 Å². The van der Waals surface area contributed by atoms with Gasteiger partial charge in [0.05, 0.1) is 0 Å². The summed E-state index contributed by atoms with van der Waals surface area (Å²) in [6.45, 7) is 6.65. The van der Waals surface area contributed by atoms with E-state index in [1.165, 1.54) is 64.6 Å². The van der Waals surface area contributed by atoms with Crippen LogP contribution in [0.1, 0.15) is 51.9 Å². The number of fused-ring (bicyclic) bond motifs is 8. The molecular weight excluding hydrogens is 170 g/mol. The molecule has 3 aliphatic rings. The average molecular weight is 195 g/mol. The molecule has 0 aromatic rings. The third kappa shape index (κ3) is 2.98. The molecule has 0 amide bonds. The van der Waals surface area contributed by atoms with Crippen LogP contribution in [0.4, 0.5) is 0 Å². The van der Waals surface area contributed by atoms with Crippen molar-refractivity contribution < 1.29 is 0 Å². The topological polar surface area (TPSA) is 3.24 Å². The molecule has 1 atom stereocenters. The van der Waals surface area contributed by atoms with Crippen molar-refractivity contribution in [2.24, 2.45) is 11.8 Å². The van der Waals surface area contributed by atoms with Gasteiger partial charge in [0.1, 0.15) is 0 Å². The molecule has 82 valence electrons. The molecule has 0 spiro atoms. The summed E-state index contributed by atoms with van der Waals surface area (Å²) < 4.78 is 0. The minimum Gasteiger partial charge on any atom is -0.303 e. The lowest BCUT2D eigenvalue weighted by Crippen LogP contribution is -2.46. The van der Waals surface area contributed by atoms with Crippen LogP contribution < -0.4 is 0 Å². The molecule has 3 fully saturated rings. The Morgan fingerprint density at radius 3 is 2.50 bits per heavy atom.